The van der Waals surface area contributed by atoms with Crippen molar-refractivity contribution in [2.75, 3.05) is 0 Å². The van der Waals surface area contributed by atoms with Crippen molar-refractivity contribution in [2.45, 2.75) is 12.8 Å². The summed E-state index contributed by atoms with van der Waals surface area (Å²) in [5, 5.41) is 10.2. The topological polar surface area (TPSA) is 50.2 Å². The summed E-state index contributed by atoms with van der Waals surface area (Å²) in [5.74, 6) is -0.842. The maximum absolute atomic E-state index is 11.4. The molecule has 0 spiro atoms. The molecule has 1 N–H and O–H groups in total. The van der Waals surface area contributed by atoms with Crippen molar-refractivity contribution in [3.8, 4) is 11.3 Å². The molecule has 0 saturated carbocycles. The van der Waals surface area contributed by atoms with Gasteiger partial charge in [-0.15, -0.1) is 6.58 Å². The van der Waals surface area contributed by atoms with E-state index in [1.165, 1.54) is 0 Å². The van der Waals surface area contributed by atoms with Crippen molar-refractivity contribution in [3.05, 3.63) is 78.4 Å². The molecule has 3 aromatic rings. The van der Waals surface area contributed by atoms with Crippen LogP contribution in [-0.2, 0) is 17.6 Å². The Bertz CT molecular complexity index is 869. The SMILES string of the molecule is C=CCc1c(-c2ccccc2)nc2ccccc2c1CC(=O)O. The highest BCUT2D eigenvalue weighted by Crippen LogP contribution is 2.31. The summed E-state index contributed by atoms with van der Waals surface area (Å²) >= 11 is 0. The molecule has 3 rings (SSSR count). The number of para-hydroxylation sites is 1. The fourth-order valence-corrected chi connectivity index (χ4v) is 2.87. The van der Waals surface area contributed by atoms with Gasteiger partial charge in [0.15, 0.2) is 0 Å². The number of allylic oxidation sites excluding steroid dienone is 1. The molecular weight excluding hydrogens is 286 g/mol. The lowest BCUT2D eigenvalue weighted by Crippen LogP contribution is -2.07. The van der Waals surface area contributed by atoms with E-state index in [2.05, 4.69) is 6.58 Å². The van der Waals surface area contributed by atoms with Crippen LogP contribution in [0.4, 0.5) is 0 Å². The van der Waals surface area contributed by atoms with Crippen LogP contribution in [0.3, 0.4) is 0 Å². The number of nitrogens with zero attached hydrogens (tertiary/aromatic N) is 1. The molecule has 1 heterocycles. The molecule has 0 amide bonds. The molecule has 2 aromatic carbocycles. The number of hydrogen-bond donors (Lipinski definition) is 1. The number of carboxylic acids is 1. The van der Waals surface area contributed by atoms with E-state index >= 15 is 0 Å². The van der Waals surface area contributed by atoms with E-state index in [4.69, 9.17) is 4.98 Å². The quantitative estimate of drug-likeness (QED) is 0.717. The summed E-state index contributed by atoms with van der Waals surface area (Å²) in [6, 6.07) is 17.5. The molecule has 3 nitrogen and oxygen atoms in total. The molecule has 3 heteroatoms. The predicted molar refractivity (Wildman–Crippen MR) is 92.4 cm³/mol. The van der Waals surface area contributed by atoms with Crippen LogP contribution in [0.1, 0.15) is 11.1 Å². The van der Waals surface area contributed by atoms with Crippen LogP contribution in [-0.4, -0.2) is 16.1 Å². The first-order valence-electron chi connectivity index (χ1n) is 7.49. The van der Waals surface area contributed by atoms with Gasteiger partial charge in [-0.25, -0.2) is 4.98 Å². The van der Waals surface area contributed by atoms with E-state index in [-0.39, 0.29) is 6.42 Å². The van der Waals surface area contributed by atoms with Crippen LogP contribution in [0.2, 0.25) is 0 Å². The number of carbonyl (C=O) groups is 1. The zero-order chi connectivity index (χ0) is 16.2. The molecule has 0 aliphatic rings. The maximum Gasteiger partial charge on any atom is 0.307 e. The van der Waals surface area contributed by atoms with Crippen LogP contribution in [0, 0.1) is 0 Å². The van der Waals surface area contributed by atoms with Gasteiger partial charge in [-0.2, -0.15) is 0 Å². The third kappa shape index (κ3) is 2.99. The molecular formula is C20H17NO2. The fraction of sp³-hybridized carbons (Fsp3) is 0.100. The first-order chi connectivity index (χ1) is 11.2. The minimum atomic E-state index is -0.842. The predicted octanol–water partition coefficient (Wildman–Crippen LogP) is 4.26. The van der Waals surface area contributed by atoms with E-state index in [0.717, 1.165) is 33.3 Å². The molecule has 0 atom stereocenters. The summed E-state index contributed by atoms with van der Waals surface area (Å²) in [4.78, 5) is 16.2. The highest BCUT2D eigenvalue weighted by atomic mass is 16.4. The van der Waals surface area contributed by atoms with Crippen molar-refractivity contribution in [1.82, 2.24) is 4.98 Å². The summed E-state index contributed by atoms with van der Waals surface area (Å²) < 4.78 is 0. The number of hydrogen-bond acceptors (Lipinski definition) is 2. The van der Waals surface area contributed by atoms with E-state index in [1.807, 2.05) is 54.6 Å². The molecule has 0 fully saturated rings. The van der Waals surface area contributed by atoms with E-state index < -0.39 is 5.97 Å². The highest BCUT2D eigenvalue weighted by Gasteiger charge is 2.17. The van der Waals surface area contributed by atoms with Crippen LogP contribution < -0.4 is 0 Å². The largest absolute Gasteiger partial charge is 0.481 e. The highest BCUT2D eigenvalue weighted by molar-refractivity contribution is 5.90. The van der Waals surface area contributed by atoms with Crippen molar-refractivity contribution < 1.29 is 9.90 Å². The Balaban J connectivity index is 2.36. The Kier molecular flexibility index (Phi) is 4.20. The third-order valence-electron chi connectivity index (χ3n) is 3.84. The van der Waals surface area contributed by atoms with E-state index in [0.29, 0.717) is 6.42 Å². The Morgan fingerprint density at radius 2 is 1.74 bits per heavy atom. The standard InChI is InChI=1S/C20H17NO2/c1-2-8-16-17(13-19(22)23)15-11-6-7-12-18(15)21-20(16)14-9-4-3-5-10-14/h2-7,9-12H,1,8,13H2,(H,22,23). The van der Waals surface area contributed by atoms with Gasteiger partial charge in [-0.05, 0) is 23.6 Å². The normalized spacial score (nSPS) is 10.6. The summed E-state index contributed by atoms with van der Waals surface area (Å²) in [6.07, 6.45) is 2.36. The minimum Gasteiger partial charge on any atom is -0.481 e. The van der Waals surface area contributed by atoms with Gasteiger partial charge < -0.3 is 5.11 Å². The van der Waals surface area contributed by atoms with Gasteiger partial charge in [0, 0.05) is 10.9 Å². The minimum absolute atomic E-state index is 0.0218. The number of benzene rings is 2. The second kappa shape index (κ2) is 6.44. The van der Waals surface area contributed by atoms with E-state index in [1.54, 1.807) is 6.08 Å². The van der Waals surface area contributed by atoms with Crippen LogP contribution in [0.5, 0.6) is 0 Å². The van der Waals surface area contributed by atoms with Gasteiger partial charge in [0.25, 0.3) is 0 Å². The number of aromatic nitrogens is 1. The van der Waals surface area contributed by atoms with Gasteiger partial charge in [-0.3, -0.25) is 4.79 Å². The Morgan fingerprint density at radius 1 is 1.04 bits per heavy atom. The summed E-state index contributed by atoms with van der Waals surface area (Å²) in [5.41, 5.74) is 4.40. The second-order valence-electron chi connectivity index (χ2n) is 5.36. The Labute approximate surface area is 134 Å². The lowest BCUT2D eigenvalue weighted by Gasteiger charge is -2.15. The lowest BCUT2D eigenvalue weighted by molar-refractivity contribution is -0.136. The van der Waals surface area contributed by atoms with Gasteiger partial charge in [-0.1, -0.05) is 54.6 Å². The molecule has 0 bridgehead atoms. The smallest absolute Gasteiger partial charge is 0.307 e. The van der Waals surface area contributed by atoms with Gasteiger partial charge in [0.2, 0.25) is 0 Å². The van der Waals surface area contributed by atoms with Crippen LogP contribution in [0.15, 0.2) is 67.3 Å². The Hall–Kier alpha value is -2.94. The van der Waals surface area contributed by atoms with Crippen molar-refractivity contribution >= 4 is 16.9 Å². The number of pyridine rings is 1. The monoisotopic (exact) mass is 303 g/mol. The number of aliphatic carboxylic acids is 1. The first-order valence-corrected chi connectivity index (χ1v) is 7.49. The molecule has 0 unspecified atom stereocenters. The average molecular weight is 303 g/mol. The lowest BCUT2D eigenvalue weighted by atomic mass is 9.93. The Morgan fingerprint density at radius 3 is 2.43 bits per heavy atom. The molecule has 0 aliphatic heterocycles. The van der Waals surface area contributed by atoms with Crippen molar-refractivity contribution in [3.63, 3.8) is 0 Å². The van der Waals surface area contributed by atoms with Crippen molar-refractivity contribution in [1.29, 1.82) is 0 Å². The molecule has 0 radical (unpaired) electrons. The average Bonchev–Trinajstić information content (AvgIpc) is 2.57. The summed E-state index contributed by atoms with van der Waals surface area (Å²) in [6.45, 7) is 3.82. The van der Waals surface area contributed by atoms with Crippen molar-refractivity contribution in [2.24, 2.45) is 0 Å². The first kappa shape index (κ1) is 15.0. The number of fused-ring (bicyclic) bond motifs is 1. The molecule has 114 valence electrons. The molecule has 1 aromatic heterocycles. The zero-order valence-corrected chi connectivity index (χ0v) is 12.7. The molecule has 0 saturated heterocycles. The van der Waals surface area contributed by atoms with Gasteiger partial charge in [0.05, 0.1) is 17.6 Å². The number of carboxylic acid groups (broad SMARTS) is 1. The summed E-state index contributed by atoms with van der Waals surface area (Å²) in [7, 11) is 0. The second-order valence-corrected chi connectivity index (χ2v) is 5.36. The van der Waals surface area contributed by atoms with Gasteiger partial charge >= 0.3 is 5.97 Å². The van der Waals surface area contributed by atoms with Gasteiger partial charge in [0.1, 0.15) is 0 Å². The van der Waals surface area contributed by atoms with Crippen LogP contribution in [0.25, 0.3) is 22.2 Å². The third-order valence-corrected chi connectivity index (χ3v) is 3.84. The maximum atomic E-state index is 11.4. The van der Waals surface area contributed by atoms with E-state index in [9.17, 15) is 9.90 Å². The zero-order valence-electron chi connectivity index (χ0n) is 12.7. The molecule has 0 aliphatic carbocycles. The fourth-order valence-electron chi connectivity index (χ4n) is 2.87. The number of rotatable bonds is 5. The molecule has 23 heavy (non-hydrogen) atoms. The van der Waals surface area contributed by atoms with Crippen LogP contribution >= 0.6 is 0 Å².